The molecule has 3 atom stereocenters. The Morgan fingerprint density at radius 2 is 2.16 bits per heavy atom. The van der Waals surface area contributed by atoms with Gasteiger partial charge in [0.15, 0.2) is 5.17 Å². The molecule has 1 saturated carbocycles. The molecule has 0 radical (unpaired) electrons. The number of benzene rings is 1. The van der Waals surface area contributed by atoms with Gasteiger partial charge in [-0.1, -0.05) is 49.7 Å². The van der Waals surface area contributed by atoms with Gasteiger partial charge in [0.2, 0.25) is 5.91 Å². The van der Waals surface area contributed by atoms with Gasteiger partial charge < -0.3 is 5.32 Å². The number of carbonyl (C=O) groups excluding carboxylic acids is 1. The first-order valence-electron chi connectivity index (χ1n) is 9.14. The van der Waals surface area contributed by atoms with Crippen LogP contribution in [0.4, 0.5) is 5.69 Å². The Balaban J connectivity index is 1.41. The predicted molar refractivity (Wildman–Crippen MR) is 103 cm³/mol. The third-order valence-corrected chi connectivity index (χ3v) is 6.27. The molecule has 6 heteroatoms. The number of para-hydroxylation sites is 1. The van der Waals surface area contributed by atoms with Gasteiger partial charge in [0.1, 0.15) is 0 Å². The Kier molecular flexibility index (Phi) is 4.79. The lowest BCUT2D eigenvalue weighted by molar-refractivity contribution is -0.119. The minimum absolute atomic E-state index is 0.102. The van der Waals surface area contributed by atoms with E-state index in [9.17, 15) is 4.79 Å². The maximum absolute atomic E-state index is 12.4. The first-order chi connectivity index (χ1) is 12.2. The summed E-state index contributed by atoms with van der Waals surface area (Å²) >= 11 is 1.49. The number of hydrogen-bond acceptors (Lipinski definition) is 5. The average Bonchev–Trinajstić information content (AvgIpc) is 3.12. The van der Waals surface area contributed by atoms with E-state index in [-0.39, 0.29) is 11.9 Å². The third-order valence-electron chi connectivity index (χ3n) is 5.33. The second kappa shape index (κ2) is 7.20. The normalized spacial score (nSPS) is 27.5. The van der Waals surface area contributed by atoms with Crippen LogP contribution in [0.3, 0.4) is 0 Å². The quantitative estimate of drug-likeness (QED) is 0.895. The maximum atomic E-state index is 12.4. The van der Waals surface area contributed by atoms with Crippen molar-refractivity contribution in [3.05, 3.63) is 29.8 Å². The fraction of sp³-hybridized carbons (Fsp3) is 0.526. The van der Waals surface area contributed by atoms with Gasteiger partial charge in [-0.05, 0) is 24.8 Å². The number of thioether (sulfide) groups is 1. The molecule has 25 heavy (non-hydrogen) atoms. The van der Waals surface area contributed by atoms with Crippen molar-refractivity contribution in [2.75, 3.05) is 5.75 Å². The molecule has 3 aliphatic rings. The minimum atomic E-state index is 0.102. The van der Waals surface area contributed by atoms with Crippen molar-refractivity contribution in [3.63, 3.8) is 0 Å². The van der Waals surface area contributed by atoms with Crippen LogP contribution in [0, 0.1) is 5.92 Å². The molecule has 5 nitrogen and oxygen atoms in total. The zero-order valence-electron chi connectivity index (χ0n) is 14.5. The Labute approximate surface area is 153 Å². The zero-order chi connectivity index (χ0) is 17.2. The number of amides is 1. The van der Waals surface area contributed by atoms with E-state index in [4.69, 9.17) is 4.99 Å². The molecule has 132 valence electrons. The molecule has 1 aromatic carbocycles. The lowest BCUT2D eigenvalue weighted by atomic mass is 9.86. The van der Waals surface area contributed by atoms with Crippen LogP contribution in [-0.2, 0) is 4.79 Å². The minimum Gasteiger partial charge on any atom is -0.352 e. The Hall–Kier alpha value is -1.82. The van der Waals surface area contributed by atoms with E-state index in [1.165, 1.54) is 36.6 Å². The maximum Gasteiger partial charge on any atom is 0.230 e. The Bertz CT molecular complexity index is 717. The summed E-state index contributed by atoms with van der Waals surface area (Å²) in [7, 11) is 0. The molecule has 1 fully saturated rings. The number of hydrogen-bond donors (Lipinski definition) is 1. The summed E-state index contributed by atoms with van der Waals surface area (Å²) < 4.78 is 0. The number of aliphatic imine (C=N–C) groups is 1. The largest absolute Gasteiger partial charge is 0.352 e. The van der Waals surface area contributed by atoms with Gasteiger partial charge in [0.25, 0.3) is 0 Å². The molecule has 1 N–H and O–H groups in total. The van der Waals surface area contributed by atoms with Gasteiger partial charge in [0.05, 0.1) is 17.5 Å². The fourth-order valence-corrected chi connectivity index (χ4v) is 4.70. The highest BCUT2D eigenvalue weighted by Crippen LogP contribution is 2.40. The molecule has 4 rings (SSSR count). The van der Waals surface area contributed by atoms with E-state index < -0.39 is 0 Å². The van der Waals surface area contributed by atoms with Gasteiger partial charge in [-0.3, -0.25) is 4.79 Å². The average molecular weight is 356 g/mol. The molecule has 0 bridgehead atoms. The molecule has 0 saturated heterocycles. The van der Waals surface area contributed by atoms with Crippen LogP contribution in [0.25, 0.3) is 0 Å². The lowest BCUT2D eigenvalue weighted by Crippen LogP contribution is -2.42. The van der Waals surface area contributed by atoms with Crippen LogP contribution in [-0.4, -0.2) is 34.1 Å². The molecule has 1 aliphatic carbocycles. The summed E-state index contributed by atoms with van der Waals surface area (Å²) in [5.41, 5.74) is 2.21. The van der Waals surface area contributed by atoms with Crippen LogP contribution in [0.5, 0.6) is 0 Å². The van der Waals surface area contributed by atoms with Crippen molar-refractivity contribution < 1.29 is 4.79 Å². The number of fused-ring (bicyclic) bond motifs is 3. The van der Waals surface area contributed by atoms with Gasteiger partial charge in [-0.15, -0.1) is 0 Å². The van der Waals surface area contributed by atoms with Crippen LogP contribution < -0.4 is 5.32 Å². The molecule has 1 amide bonds. The highest BCUT2D eigenvalue weighted by atomic mass is 32.2. The van der Waals surface area contributed by atoms with Crippen LogP contribution in [0.2, 0.25) is 0 Å². The van der Waals surface area contributed by atoms with Crippen molar-refractivity contribution >= 4 is 34.7 Å². The summed E-state index contributed by atoms with van der Waals surface area (Å²) in [6.45, 7) is 2.24. The highest BCUT2D eigenvalue weighted by molar-refractivity contribution is 8.14. The van der Waals surface area contributed by atoms with E-state index in [1.807, 2.05) is 29.4 Å². The summed E-state index contributed by atoms with van der Waals surface area (Å²) in [5, 5.41) is 10.5. The second-order valence-electron chi connectivity index (χ2n) is 7.07. The summed E-state index contributed by atoms with van der Waals surface area (Å²) in [6, 6.07) is 8.75. The van der Waals surface area contributed by atoms with Crippen LogP contribution in [0.15, 0.2) is 34.4 Å². The van der Waals surface area contributed by atoms with Gasteiger partial charge in [-0.2, -0.15) is 5.10 Å². The molecule has 0 spiro atoms. The number of hydrazone groups is 1. The molecular weight excluding hydrogens is 332 g/mol. The highest BCUT2D eigenvalue weighted by Gasteiger charge is 2.33. The number of nitrogens with one attached hydrogen (secondary N) is 1. The standard InChI is InChI=1S/C19H24N4OS/c1-13-6-2-4-8-15(13)21-18(24)12-25-19-22-16-9-5-3-7-14(16)17-10-11-20-23(17)19/h3,5,7,9,11,13,15,17H,2,4,6,8,10,12H2,1H3,(H,21,24)/t13-,15+,17+/m1/s1. The summed E-state index contributed by atoms with van der Waals surface area (Å²) in [4.78, 5) is 17.1. The van der Waals surface area contributed by atoms with E-state index >= 15 is 0 Å². The monoisotopic (exact) mass is 356 g/mol. The predicted octanol–water partition coefficient (Wildman–Crippen LogP) is 3.85. The third kappa shape index (κ3) is 3.45. The molecular formula is C19H24N4OS. The number of nitrogens with zero attached hydrogens (tertiary/aromatic N) is 3. The van der Waals surface area contributed by atoms with E-state index in [0.717, 1.165) is 23.7 Å². The molecule has 1 aromatic rings. The molecule has 0 aromatic heterocycles. The van der Waals surface area contributed by atoms with Crippen molar-refractivity contribution in [1.82, 2.24) is 10.3 Å². The van der Waals surface area contributed by atoms with Crippen molar-refractivity contribution in [3.8, 4) is 0 Å². The first kappa shape index (κ1) is 16.6. The molecule has 0 unspecified atom stereocenters. The van der Waals surface area contributed by atoms with E-state index in [2.05, 4.69) is 23.4 Å². The van der Waals surface area contributed by atoms with Gasteiger partial charge >= 0.3 is 0 Å². The smallest absolute Gasteiger partial charge is 0.230 e. The first-order valence-corrected chi connectivity index (χ1v) is 10.1. The van der Waals surface area contributed by atoms with Crippen LogP contribution >= 0.6 is 11.8 Å². The number of rotatable bonds is 3. The van der Waals surface area contributed by atoms with Crippen molar-refractivity contribution in [2.24, 2.45) is 16.0 Å². The number of carbonyl (C=O) groups is 1. The van der Waals surface area contributed by atoms with Gasteiger partial charge in [-0.25, -0.2) is 10.0 Å². The Morgan fingerprint density at radius 1 is 1.32 bits per heavy atom. The molecule has 2 aliphatic heterocycles. The zero-order valence-corrected chi connectivity index (χ0v) is 15.3. The van der Waals surface area contributed by atoms with E-state index in [1.54, 1.807) is 0 Å². The summed E-state index contributed by atoms with van der Waals surface area (Å²) in [5.74, 6) is 1.07. The van der Waals surface area contributed by atoms with Crippen LogP contribution in [0.1, 0.15) is 50.6 Å². The van der Waals surface area contributed by atoms with E-state index in [0.29, 0.717) is 17.7 Å². The Morgan fingerprint density at radius 3 is 3.04 bits per heavy atom. The fourth-order valence-electron chi connectivity index (χ4n) is 3.89. The lowest BCUT2D eigenvalue weighted by Gasteiger charge is -2.31. The topological polar surface area (TPSA) is 57.1 Å². The second-order valence-corrected chi connectivity index (χ2v) is 8.01. The van der Waals surface area contributed by atoms with Gasteiger partial charge in [0, 0.05) is 24.2 Å². The number of amidine groups is 1. The van der Waals surface area contributed by atoms with Crippen molar-refractivity contribution in [2.45, 2.75) is 51.1 Å². The van der Waals surface area contributed by atoms with Crippen molar-refractivity contribution in [1.29, 1.82) is 0 Å². The SMILES string of the molecule is C[C@@H]1CCCC[C@@H]1NC(=O)CSC1=Nc2ccccc2[C@@H]2CC=NN12. The molecule has 2 heterocycles. The summed E-state index contributed by atoms with van der Waals surface area (Å²) in [6.07, 6.45) is 7.65.